The Hall–Kier alpha value is -2.55. The molecule has 0 aliphatic rings. The fourth-order valence-corrected chi connectivity index (χ4v) is 8.79. The van der Waals surface area contributed by atoms with Crippen LogP contribution in [0.3, 0.4) is 0 Å². The summed E-state index contributed by atoms with van der Waals surface area (Å²) in [7, 11) is 1.46. The lowest BCUT2D eigenvalue weighted by Crippen LogP contribution is -2.47. The van der Waals surface area contributed by atoms with Crippen molar-refractivity contribution in [3.8, 4) is 0 Å². The van der Waals surface area contributed by atoms with Gasteiger partial charge in [0.25, 0.3) is 0 Å². The first-order valence-electron chi connectivity index (χ1n) is 29.3. The lowest BCUT2D eigenvalue weighted by molar-refractivity contribution is -0.870. The van der Waals surface area contributed by atoms with Gasteiger partial charge in [-0.25, -0.2) is 4.57 Å². The molecule has 9 nitrogen and oxygen atoms in total. The molecule has 0 heterocycles. The van der Waals surface area contributed by atoms with Crippen molar-refractivity contribution in [3.63, 3.8) is 0 Å². The van der Waals surface area contributed by atoms with Crippen molar-refractivity contribution in [2.24, 2.45) is 0 Å². The van der Waals surface area contributed by atoms with E-state index in [1.54, 1.807) is 0 Å². The number of hydrogen-bond donors (Lipinski definition) is 2. The summed E-state index contributed by atoms with van der Waals surface area (Å²) in [6.07, 6.45) is 64.7. The molecule has 3 unspecified atom stereocenters. The van der Waals surface area contributed by atoms with Crippen molar-refractivity contribution in [2.75, 3.05) is 40.9 Å². The number of ether oxygens (including phenoxy) is 1. The second kappa shape index (κ2) is 51.0. The van der Waals surface area contributed by atoms with Gasteiger partial charge in [0.1, 0.15) is 19.3 Å². The lowest BCUT2D eigenvalue weighted by Gasteiger charge is -2.27. The summed E-state index contributed by atoms with van der Waals surface area (Å²) in [6, 6.07) is -0.873. The van der Waals surface area contributed by atoms with Crippen LogP contribution in [0, 0.1) is 0 Å². The number of likely N-dealkylation sites (N-methyl/N-ethyl adjacent to an activating group) is 1. The Bertz CT molecular complexity index is 1450. The molecule has 0 radical (unpaired) electrons. The molecule has 3 atom stereocenters. The molecular weight excluding hydrogens is 904 g/mol. The summed E-state index contributed by atoms with van der Waals surface area (Å²) in [6.45, 7) is 6.94. The Labute approximate surface area is 438 Å². The number of carbonyl (C=O) groups is 2. The van der Waals surface area contributed by atoms with E-state index >= 15 is 0 Å². The zero-order valence-corrected chi connectivity index (χ0v) is 47.8. The van der Waals surface area contributed by atoms with Crippen LogP contribution >= 0.6 is 7.82 Å². The van der Waals surface area contributed by atoms with Gasteiger partial charge in [0.2, 0.25) is 5.91 Å². The molecule has 0 rings (SSSR count). The van der Waals surface area contributed by atoms with Gasteiger partial charge >= 0.3 is 13.8 Å². The molecule has 0 aromatic rings. The number of unbranched alkanes of at least 4 members (excludes halogenated alkanes) is 27. The van der Waals surface area contributed by atoms with Crippen molar-refractivity contribution in [2.45, 2.75) is 264 Å². The van der Waals surface area contributed by atoms with Crippen LogP contribution in [0.15, 0.2) is 72.9 Å². The molecule has 0 bridgehead atoms. The number of phosphoric ester groups is 1. The molecular formula is C61H112N2O7P+. The minimum Gasteiger partial charge on any atom is -0.456 e. The molecule has 0 fully saturated rings. The summed E-state index contributed by atoms with van der Waals surface area (Å²) in [5, 5.41) is 3.03. The maximum absolute atomic E-state index is 13.5. The standard InChI is InChI=1S/C61H111N2O7P/c1-7-10-13-16-19-22-25-28-30-32-34-36-39-42-45-48-51-54-61(65)70-59(52-49-46-43-40-37-27-24-21-18-15-12-9-3)58(57-69-71(66,67)68-56-55-63(4,5)6)62-60(64)53-50-47-44-41-38-35-33-31-29-26-23-20-17-14-11-8-2/h19,22,28,30-31,33-36,38,49,52,58-59H,7-18,20-21,23-27,29,32,37,39-48,50-51,53-57H2,1-6H3,(H-,62,64,66,67)/p+1/b22-19-,30-28-,33-31+,36-34-,38-35+,52-49+. The number of amides is 1. The highest BCUT2D eigenvalue weighted by Crippen LogP contribution is 2.43. The smallest absolute Gasteiger partial charge is 0.456 e. The highest BCUT2D eigenvalue weighted by Gasteiger charge is 2.30. The minimum absolute atomic E-state index is 0.0290. The van der Waals surface area contributed by atoms with Gasteiger partial charge in [0, 0.05) is 12.8 Å². The van der Waals surface area contributed by atoms with Gasteiger partial charge in [-0.05, 0) is 96.0 Å². The molecule has 2 N–H and O–H groups in total. The zero-order valence-electron chi connectivity index (χ0n) is 47.0. The Morgan fingerprint density at radius 3 is 1.41 bits per heavy atom. The van der Waals surface area contributed by atoms with Crippen LogP contribution in [0.4, 0.5) is 0 Å². The fraction of sp³-hybridized carbons (Fsp3) is 0.770. The molecule has 0 saturated carbocycles. The number of nitrogens with one attached hydrogen (secondary N) is 1. The van der Waals surface area contributed by atoms with Crippen molar-refractivity contribution < 1.29 is 37.3 Å². The molecule has 0 saturated heterocycles. The van der Waals surface area contributed by atoms with Gasteiger partial charge in [-0.3, -0.25) is 18.6 Å². The Morgan fingerprint density at radius 1 is 0.507 bits per heavy atom. The number of nitrogens with zero attached hydrogens (tertiary/aromatic N) is 1. The molecule has 1 amide bonds. The predicted octanol–water partition coefficient (Wildman–Crippen LogP) is 17.7. The minimum atomic E-state index is -4.46. The predicted molar refractivity (Wildman–Crippen MR) is 305 cm³/mol. The van der Waals surface area contributed by atoms with Crippen molar-refractivity contribution in [1.29, 1.82) is 0 Å². The number of hydrogen-bond acceptors (Lipinski definition) is 6. The Balaban J connectivity index is 5.43. The molecule has 0 aromatic heterocycles. The van der Waals surface area contributed by atoms with Crippen LogP contribution in [-0.4, -0.2) is 74.3 Å². The van der Waals surface area contributed by atoms with E-state index in [1.807, 2.05) is 33.3 Å². The normalized spacial score (nSPS) is 14.3. The number of allylic oxidation sites excluding steroid dienone is 11. The number of esters is 1. The van der Waals surface area contributed by atoms with Crippen LogP contribution in [-0.2, 0) is 27.9 Å². The third kappa shape index (κ3) is 52.1. The number of rotatable bonds is 52. The van der Waals surface area contributed by atoms with Crippen LogP contribution in [0.2, 0.25) is 0 Å². The second-order valence-electron chi connectivity index (χ2n) is 20.8. The van der Waals surface area contributed by atoms with Gasteiger partial charge in [-0.1, -0.05) is 216 Å². The molecule has 0 aromatic carbocycles. The van der Waals surface area contributed by atoms with Gasteiger partial charge in [-0.15, -0.1) is 0 Å². The highest BCUT2D eigenvalue weighted by molar-refractivity contribution is 7.47. The van der Waals surface area contributed by atoms with Crippen LogP contribution < -0.4 is 5.32 Å². The van der Waals surface area contributed by atoms with Gasteiger partial charge in [0.15, 0.2) is 0 Å². The Kier molecular flexibility index (Phi) is 49.1. The molecule has 10 heteroatoms. The van der Waals surface area contributed by atoms with Gasteiger partial charge in [-0.2, -0.15) is 0 Å². The third-order valence-corrected chi connectivity index (χ3v) is 13.6. The van der Waals surface area contributed by atoms with Crippen LogP contribution in [0.5, 0.6) is 0 Å². The van der Waals surface area contributed by atoms with E-state index in [2.05, 4.69) is 86.8 Å². The molecule has 412 valence electrons. The summed E-state index contributed by atoms with van der Waals surface area (Å²) >= 11 is 0. The first kappa shape index (κ1) is 68.5. The summed E-state index contributed by atoms with van der Waals surface area (Å²) in [5.74, 6) is -0.562. The lowest BCUT2D eigenvalue weighted by atomic mass is 10.1. The van der Waals surface area contributed by atoms with Crippen LogP contribution in [0.25, 0.3) is 0 Å². The van der Waals surface area contributed by atoms with E-state index in [9.17, 15) is 19.0 Å². The molecule has 0 spiro atoms. The number of phosphoric acid groups is 1. The number of carbonyl (C=O) groups excluding carboxylic acids is 2. The summed E-state index contributed by atoms with van der Waals surface area (Å²) < 4.78 is 30.6. The first-order chi connectivity index (χ1) is 34.4. The number of quaternary nitrogens is 1. The largest absolute Gasteiger partial charge is 0.472 e. The van der Waals surface area contributed by atoms with E-state index in [1.165, 1.54) is 122 Å². The molecule has 71 heavy (non-hydrogen) atoms. The third-order valence-electron chi connectivity index (χ3n) is 12.6. The zero-order chi connectivity index (χ0) is 52.2. The highest BCUT2D eigenvalue weighted by atomic mass is 31.2. The SMILES string of the molecule is CCCCC/C=C\C/C=C\C/C=C\CCCCCCC(=O)OC(/C=C/CCCCCCCCCCCC)C(COP(=O)(O)OCC[N+](C)(C)C)NC(=O)CCCCC/C=C/C=C/CCCCCCCCC. The first-order valence-corrected chi connectivity index (χ1v) is 30.8. The van der Waals surface area contributed by atoms with E-state index in [0.29, 0.717) is 30.3 Å². The molecule has 0 aliphatic heterocycles. The average molecular weight is 1020 g/mol. The summed E-state index contributed by atoms with van der Waals surface area (Å²) in [4.78, 5) is 37.6. The monoisotopic (exact) mass is 1020 g/mol. The van der Waals surface area contributed by atoms with E-state index in [0.717, 1.165) is 83.5 Å². The van der Waals surface area contributed by atoms with E-state index in [4.69, 9.17) is 13.8 Å². The van der Waals surface area contributed by atoms with Crippen molar-refractivity contribution in [3.05, 3.63) is 72.9 Å². The summed E-state index contributed by atoms with van der Waals surface area (Å²) in [5.41, 5.74) is 0. The second-order valence-corrected chi connectivity index (χ2v) is 22.3. The maximum atomic E-state index is 13.5. The van der Waals surface area contributed by atoms with Crippen molar-refractivity contribution in [1.82, 2.24) is 5.32 Å². The maximum Gasteiger partial charge on any atom is 0.472 e. The molecule has 0 aliphatic carbocycles. The fourth-order valence-electron chi connectivity index (χ4n) is 8.05. The van der Waals surface area contributed by atoms with Crippen LogP contribution in [0.1, 0.15) is 252 Å². The van der Waals surface area contributed by atoms with Crippen molar-refractivity contribution >= 4 is 19.7 Å². The Morgan fingerprint density at radius 2 is 0.901 bits per heavy atom. The topological polar surface area (TPSA) is 111 Å². The van der Waals surface area contributed by atoms with Gasteiger partial charge < -0.3 is 19.4 Å². The van der Waals surface area contributed by atoms with Gasteiger partial charge in [0.05, 0.1) is 33.8 Å². The van der Waals surface area contributed by atoms with E-state index in [-0.39, 0.29) is 31.5 Å². The van der Waals surface area contributed by atoms with E-state index < -0.39 is 20.0 Å². The quantitative estimate of drug-likeness (QED) is 0.0156. The average Bonchev–Trinajstić information content (AvgIpc) is 3.33.